The van der Waals surface area contributed by atoms with Crippen LogP contribution in [0.1, 0.15) is 24.5 Å². The fraction of sp³-hybridized carbons (Fsp3) is 0.400. The number of benzene rings is 2. The van der Waals surface area contributed by atoms with Crippen LogP contribution >= 0.6 is 0 Å². The molecule has 122 valence electrons. The van der Waals surface area contributed by atoms with Gasteiger partial charge in [-0.25, -0.2) is 4.39 Å². The lowest BCUT2D eigenvalue weighted by molar-refractivity contribution is 0.257. The third-order valence-corrected chi connectivity index (χ3v) is 4.72. The van der Waals surface area contributed by atoms with E-state index in [2.05, 4.69) is 47.5 Å². The SMILES string of the molecule is C[C@H]1C[C@@H](NCCc2ccccc2F)CN1Cc1ccccc1. The summed E-state index contributed by atoms with van der Waals surface area (Å²) in [7, 11) is 0. The first kappa shape index (κ1) is 16.2. The lowest BCUT2D eigenvalue weighted by atomic mass is 10.1. The van der Waals surface area contributed by atoms with Crippen LogP contribution < -0.4 is 5.32 Å². The molecule has 0 spiro atoms. The average Bonchev–Trinajstić information content (AvgIpc) is 2.90. The molecule has 0 saturated carbocycles. The van der Waals surface area contributed by atoms with Gasteiger partial charge in [0.15, 0.2) is 0 Å². The molecular weight excluding hydrogens is 287 g/mol. The van der Waals surface area contributed by atoms with Crippen LogP contribution in [0.5, 0.6) is 0 Å². The van der Waals surface area contributed by atoms with Gasteiger partial charge < -0.3 is 5.32 Å². The summed E-state index contributed by atoms with van der Waals surface area (Å²) in [6, 6.07) is 18.8. The Kier molecular flexibility index (Phi) is 5.42. The molecule has 23 heavy (non-hydrogen) atoms. The predicted molar refractivity (Wildman–Crippen MR) is 92.8 cm³/mol. The van der Waals surface area contributed by atoms with Gasteiger partial charge in [-0.05, 0) is 43.5 Å². The molecule has 3 rings (SSSR count). The molecule has 1 aliphatic heterocycles. The molecule has 1 fully saturated rings. The van der Waals surface area contributed by atoms with Crippen molar-refractivity contribution in [3.63, 3.8) is 0 Å². The largest absolute Gasteiger partial charge is 0.312 e. The van der Waals surface area contributed by atoms with Gasteiger partial charge in [-0.2, -0.15) is 0 Å². The van der Waals surface area contributed by atoms with Crippen LogP contribution in [-0.4, -0.2) is 30.1 Å². The fourth-order valence-electron chi connectivity index (χ4n) is 3.40. The molecule has 2 atom stereocenters. The maximum atomic E-state index is 13.6. The number of halogens is 1. The maximum absolute atomic E-state index is 13.6. The quantitative estimate of drug-likeness (QED) is 0.876. The van der Waals surface area contributed by atoms with Crippen LogP contribution in [0.15, 0.2) is 54.6 Å². The number of hydrogen-bond donors (Lipinski definition) is 1. The van der Waals surface area contributed by atoms with Crippen molar-refractivity contribution in [2.75, 3.05) is 13.1 Å². The first-order valence-corrected chi connectivity index (χ1v) is 8.47. The lowest BCUT2D eigenvalue weighted by Crippen LogP contribution is -2.34. The van der Waals surface area contributed by atoms with Gasteiger partial charge in [-0.15, -0.1) is 0 Å². The van der Waals surface area contributed by atoms with E-state index >= 15 is 0 Å². The van der Waals surface area contributed by atoms with Crippen molar-refractivity contribution >= 4 is 0 Å². The highest BCUT2D eigenvalue weighted by Crippen LogP contribution is 2.20. The molecule has 1 N–H and O–H groups in total. The van der Waals surface area contributed by atoms with Crippen molar-refractivity contribution in [1.82, 2.24) is 10.2 Å². The van der Waals surface area contributed by atoms with Gasteiger partial charge >= 0.3 is 0 Å². The molecule has 0 bridgehead atoms. The highest BCUT2D eigenvalue weighted by atomic mass is 19.1. The Morgan fingerprint density at radius 1 is 1.09 bits per heavy atom. The molecule has 0 amide bonds. The summed E-state index contributed by atoms with van der Waals surface area (Å²) in [6.07, 6.45) is 1.90. The van der Waals surface area contributed by atoms with Crippen LogP contribution in [0.4, 0.5) is 4.39 Å². The third-order valence-electron chi connectivity index (χ3n) is 4.72. The van der Waals surface area contributed by atoms with E-state index in [9.17, 15) is 4.39 Å². The summed E-state index contributed by atoms with van der Waals surface area (Å²) < 4.78 is 13.6. The second kappa shape index (κ2) is 7.71. The van der Waals surface area contributed by atoms with E-state index in [0.717, 1.165) is 38.0 Å². The average molecular weight is 312 g/mol. The lowest BCUT2D eigenvalue weighted by Gasteiger charge is -2.21. The van der Waals surface area contributed by atoms with E-state index in [1.165, 1.54) is 11.6 Å². The summed E-state index contributed by atoms with van der Waals surface area (Å²) >= 11 is 0. The second-order valence-electron chi connectivity index (χ2n) is 6.49. The molecule has 2 aromatic carbocycles. The fourth-order valence-corrected chi connectivity index (χ4v) is 3.40. The topological polar surface area (TPSA) is 15.3 Å². The number of hydrogen-bond acceptors (Lipinski definition) is 2. The summed E-state index contributed by atoms with van der Waals surface area (Å²) in [4.78, 5) is 2.52. The van der Waals surface area contributed by atoms with Gasteiger partial charge in [0.1, 0.15) is 5.82 Å². The zero-order valence-electron chi connectivity index (χ0n) is 13.7. The summed E-state index contributed by atoms with van der Waals surface area (Å²) in [5.74, 6) is -0.0974. The van der Waals surface area contributed by atoms with Gasteiger partial charge in [0.2, 0.25) is 0 Å². The minimum atomic E-state index is -0.0974. The molecule has 1 heterocycles. The van der Waals surface area contributed by atoms with Gasteiger partial charge in [0.25, 0.3) is 0 Å². The molecule has 2 nitrogen and oxygen atoms in total. The van der Waals surface area contributed by atoms with E-state index in [1.54, 1.807) is 6.07 Å². The Balaban J connectivity index is 1.46. The Morgan fingerprint density at radius 3 is 2.61 bits per heavy atom. The van der Waals surface area contributed by atoms with E-state index < -0.39 is 0 Å². The molecule has 1 aliphatic rings. The van der Waals surface area contributed by atoms with Crippen LogP contribution in [0.25, 0.3) is 0 Å². The highest BCUT2D eigenvalue weighted by Gasteiger charge is 2.28. The van der Waals surface area contributed by atoms with Gasteiger partial charge in [-0.3, -0.25) is 4.90 Å². The number of nitrogens with zero attached hydrogens (tertiary/aromatic N) is 1. The van der Waals surface area contributed by atoms with E-state index in [-0.39, 0.29) is 5.82 Å². The third kappa shape index (κ3) is 4.40. The van der Waals surface area contributed by atoms with E-state index in [1.807, 2.05) is 12.1 Å². The van der Waals surface area contributed by atoms with Crippen LogP contribution in [-0.2, 0) is 13.0 Å². The Bertz CT molecular complexity index is 614. The van der Waals surface area contributed by atoms with Crippen LogP contribution in [0.3, 0.4) is 0 Å². The Hall–Kier alpha value is -1.71. The van der Waals surface area contributed by atoms with Crippen LogP contribution in [0.2, 0.25) is 0 Å². The number of rotatable bonds is 6. The standard InChI is InChI=1S/C20H25FN2/c1-16-13-19(15-23(16)14-17-7-3-2-4-8-17)22-12-11-18-9-5-6-10-20(18)21/h2-10,16,19,22H,11-15H2,1H3/t16-,19+/m0/s1. The number of likely N-dealkylation sites (tertiary alicyclic amines) is 1. The predicted octanol–water partition coefficient (Wildman–Crippen LogP) is 3.62. The van der Waals surface area contributed by atoms with Crippen molar-refractivity contribution in [3.05, 3.63) is 71.5 Å². The molecule has 0 aliphatic carbocycles. The normalized spacial score (nSPS) is 21.7. The Labute approximate surface area is 138 Å². The van der Waals surface area contributed by atoms with Crippen molar-refractivity contribution in [2.45, 2.75) is 38.4 Å². The molecule has 3 heteroatoms. The van der Waals surface area contributed by atoms with Crippen LogP contribution in [0, 0.1) is 5.82 Å². The zero-order chi connectivity index (χ0) is 16.1. The molecule has 2 aromatic rings. The minimum absolute atomic E-state index is 0.0974. The summed E-state index contributed by atoms with van der Waals surface area (Å²) in [5, 5.41) is 3.60. The van der Waals surface area contributed by atoms with E-state index in [0.29, 0.717) is 12.1 Å². The monoisotopic (exact) mass is 312 g/mol. The maximum Gasteiger partial charge on any atom is 0.126 e. The molecule has 0 aromatic heterocycles. The molecule has 0 unspecified atom stereocenters. The van der Waals surface area contributed by atoms with E-state index in [4.69, 9.17) is 0 Å². The van der Waals surface area contributed by atoms with Crippen molar-refractivity contribution < 1.29 is 4.39 Å². The number of nitrogens with one attached hydrogen (secondary N) is 1. The first-order valence-electron chi connectivity index (χ1n) is 8.47. The van der Waals surface area contributed by atoms with Crippen molar-refractivity contribution in [3.8, 4) is 0 Å². The summed E-state index contributed by atoms with van der Waals surface area (Å²) in [6.45, 7) is 5.19. The van der Waals surface area contributed by atoms with Gasteiger partial charge in [0.05, 0.1) is 0 Å². The van der Waals surface area contributed by atoms with Crippen molar-refractivity contribution in [1.29, 1.82) is 0 Å². The highest BCUT2D eigenvalue weighted by molar-refractivity contribution is 5.17. The molecule has 0 radical (unpaired) electrons. The van der Waals surface area contributed by atoms with Gasteiger partial charge in [-0.1, -0.05) is 48.5 Å². The second-order valence-corrected chi connectivity index (χ2v) is 6.49. The smallest absolute Gasteiger partial charge is 0.126 e. The molecular formula is C20H25FN2. The van der Waals surface area contributed by atoms with Crippen molar-refractivity contribution in [2.24, 2.45) is 0 Å². The minimum Gasteiger partial charge on any atom is -0.312 e. The Morgan fingerprint density at radius 2 is 1.83 bits per heavy atom. The van der Waals surface area contributed by atoms with Gasteiger partial charge in [0, 0.05) is 25.2 Å². The zero-order valence-corrected chi connectivity index (χ0v) is 13.7. The summed E-state index contributed by atoms with van der Waals surface area (Å²) in [5.41, 5.74) is 2.17. The first-order chi connectivity index (χ1) is 11.2. The molecule has 1 saturated heterocycles.